The molecule has 5 nitrogen and oxygen atoms in total. The Hall–Kier alpha value is -1.36. The Kier molecular flexibility index (Phi) is 6.63. The van der Waals surface area contributed by atoms with Crippen molar-refractivity contribution in [3.8, 4) is 0 Å². The second-order valence-electron chi connectivity index (χ2n) is 7.06. The predicted molar refractivity (Wildman–Crippen MR) is 91.1 cm³/mol. The van der Waals surface area contributed by atoms with Gasteiger partial charge >= 0.3 is 0 Å². The summed E-state index contributed by atoms with van der Waals surface area (Å²) in [6, 6.07) is 0. The second kappa shape index (κ2) is 8.48. The number of aromatic nitrogens is 2. The molecule has 23 heavy (non-hydrogen) atoms. The van der Waals surface area contributed by atoms with Gasteiger partial charge in [0, 0.05) is 18.2 Å². The van der Waals surface area contributed by atoms with E-state index < -0.39 is 0 Å². The summed E-state index contributed by atoms with van der Waals surface area (Å²) in [5, 5.41) is 20.2. The zero-order chi connectivity index (χ0) is 16.8. The van der Waals surface area contributed by atoms with Crippen molar-refractivity contribution in [3.05, 3.63) is 17.0 Å². The number of hydrogen-bond acceptors (Lipinski definition) is 3. The molecule has 0 saturated heterocycles. The quantitative estimate of drug-likeness (QED) is 0.676. The van der Waals surface area contributed by atoms with Crippen LogP contribution in [0.4, 0.5) is 0 Å². The van der Waals surface area contributed by atoms with Gasteiger partial charge in [-0.1, -0.05) is 19.8 Å². The summed E-state index contributed by atoms with van der Waals surface area (Å²) in [5.74, 6) is 0.480. The number of amides is 1. The van der Waals surface area contributed by atoms with Gasteiger partial charge in [-0.25, -0.2) is 0 Å². The SMILES string of the molecule is Cc1n[nH]c(C)c1CC(C)C(=O)NCCCC1CCCCC1O. The number of carbonyl (C=O) groups excluding carboxylic acids is 1. The highest BCUT2D eigenvalue weighted by atomic mass is 16.3. The number of H-pyrrole nitrogens is 1. The standard InChI is InChI=1S/C18H31N3O2/c1-12(11-16-13(2)20-21-14(16)3)18(23)19-10-6-8-15-7-4-5-9-17(15)22/h12,15,17,22H,4-11H2,1-3H3,(H,19,23)(H,20,21). The van der Waals surface area contributed by atoms with Crippen molar-refractivity contribution in [2.75, 3.05) is 6.54 Å². The van der Waals surface area contributed by atoms with Crippen LogP contribution in [-0.2, 0) is 11.2 Å². The van der Waals surface area contributed by atoms with E-state index in [1.807, 2.05) is 20.8 Å². The van der Waals surface area contributed by atoms with Crippen molar-refractivity contribution in [1.82, 2.24) is 15.5 Å². The van der Waals surface area contributed by atoms with E-state index in [2.05, 4.69) is 15.5 Å². The molecular weight excluding hydrogens is 290 g/mol. The Labute approximate surface area is 139 Å². The van der Waals surface area contributed by atoms with Gasteiger partial charge in [-0.2, -0.15) is 5.10 Å². The van der Waals surface area contributed by atoms with E-state index in [1.165, 1.54) is 6.42 Å². The number of aryl methyl sites for hydroxylation is 2. The van der Waals surface area contributed by atoms with E-state index in [4.69, 9.17) is 0 Å². The Bertz CT molecular complexity index is 493. The van der Waals surface area contributed by atoms with Crippen molar-refractivity contribution in [1.29, 1.82) is 0 Å². The highest BCUT2D eigenvalue weighted by Crippen LogP contribution is 2.27. The molecule has 130 valence electrons. The van der Waals surface area contributed by atoms with Crippen LogP contribution in [0.3, 0.4) is 0 Å². The lowest BCUT2D eigenvalue weighted by Crippen LogP contribution is -2.32. The molecule has 0 radical (unpaired) electrons. The predicted octanol–water partition coefficient (Wildman–Crippen LogP) is 2.65. The maximum absolute atomic E-state index is 12.2. The molecule has 1 fully saturated rings. The Morgan fingerprint density at radius 3 is 2.78 bits per heavy atom. The molecule has 1 aromatic heterocycles. The van der Waals surface area contributed by atoms with Crippen LogP contribution in [0.5, 0.6) is 0 Å². The van der Waals surface area contributed by atoms with E-state index in [-0.39, 0.29) is 17.9 Å². The van der Waals surface area contributed by atoms with Crippen LogP contribution < -0.4 is 5.32 Å². The fraction of sp³-hybridized carbons (Fsp3) is 0.778. The molecule has 0 aromatic carbocycles. The third-order valence-corrected chi connectivity index (χ3v) is 5.16. The van der Waals surface area contributed by atoms with Gasteiger partial charge in [0.05, 0.1) is 11.8 Å². The van der Waals surface area contributed by atoms with E-state index in [1.54, 1.807) is 0 Å². The van der Waals surface area contributed by atoms with E-state index in [0.29, 0.717) is 12.5 Å². The summed E-state index contributed by atoms with van der Waals surface area (Å²) in [4.78, 5) is 12.2. The van der Waals surface area contributed by atoms with Crippen LogP contribution in [0, 0.1) is 25.7 Å². The van der Waals surface area contributed by atoms with Crippen LogP contribution in [0.25, 0.3) is 0 Å². The molecule has 3 atom stereocenters. The summed E-state index contributed by atoms with van der Waals surface area (Å²) in [6.45, 7) is 6.64. The topological polar surface area (TPSA) is 78.0 Å². The van der Waals surface area contributed by atoms with Crippen LogP contribution in [-0.4, -0.2) is 33.9 Å². The van der Waals surface area contributed by atoms with Crippen LogP contribution >= 0.6 is 0 Å². The van der Waals surface area contributed by atoms with Gasteiger partial charge in [-0.05, 0) is 57.4 Å². The average molecular weight is 321 g/mol. The maximum atomic E-state index is 12.2. The number of aliphatic hydroxyl groups excluding tert-OH is 1. The largest absolute Gasteiger partial charge is 0.393 e. The summed E-state index contributed by atoms with van der Waals surface area (Å²) < 4.78 is 0. The molecule has 1 aliphatic carbocycles. The summed E-state index contributed by atoms with van der Waals surface area (Å²) in [5.41, 5.74) is 3.18. The Morgan fingerprint density at radius 2 is 2.13 bits per heavy atom. The minimum absolute atomic E-state index is 0.0507. The van der Waals surface area contributed by atoms with Gasteiger partial charge in [0.2, 0.25) is 5.91 Å². The fourth-order valence-corrected chi connectivity index (χ4v) is 3.55. The maximum Gasteiger partial charge on any atom is 0.223 e. The Balaban J connectivity index is 1.68. The number of hydrogen-bond donors (Lipinski definition) is 3. The van der Waals surface area contributed by atoms with Crippen molar-refractivity contribution in [3.63, 3.8) is 0 Å². The Morgan fingerprint density at radius 1 is 1.39 bits per heavy atom. The molecule has 0 aliphatic heterocycles. The summed E-state index contributed by atoms with van der Waals surface area (Å²) in [7, 11) is 0. The van der Waals surface area contributed by atoms with E-state index in [9.17, 15) is 9.90 Å². The van der Waals surface area contributed by atoms with Crippen LogP contribution in [0.15, 0.2) is 0 Å². The number of aliphatic hydroxyl groups is 1. The molecule has 2 rings (SSSR count). The number of carbonyl (C=O) groups is 1. The minimum Gasteiger partial charge on any atom is -0.393 e. The third kappa shape index (κ3) is 5.06. The third-order valence-electron chi connectivity index (χ3n) is 5.16. The van der Waals surface area contributed by atoms with Gasteiger partial charge in [0.1, 0.15) is 0 Å². The van der Waals surface area contributed by atoms with E-state index in [0.717, 1.165) is 55.5 Å². The summed E-state index contributed by atoms with van der Waals surface area (Å²) >= 11 is 0. The molecule has 5 heteroatoms. The number of nitrogens with one attached hydrogen (secondary N) is 2. The minimum atomic E-state index is -0.134. The van der Waals surface area contributed by atoms with Crippen LogP contribution in [0.2, 0.25) is 0 Å². The smallest absolute Gasteiger partial charge is 0.223 e. The molecular formula is C18H31N3O2. The van der Waals surface area contributed by atoms with Gasteiger partial charge in [-0.3, -0.25) is 9.89 Å². The first kappa shape index (κ1) is 18.0. The van der Waals surface area contributed by atoms with Gasteiger partial charge in [-0.15, -0.1) is 0 Å². The van der Waals surface area contributed by atoms with Crippen molar-refractivity contribution >= 4 is 5.91 Å². The van der Waals surface area contributed by atoms with E-state index >= 15 is 0 Å². The first-order valence-corrected chi connectivity index (χ1v) is 8.95. The molecule has 1 heterocycles. The normalized spacial score (nSPS) is 22.8. The van der Waals surface area contributed by atoms with Crippen molar-refractivity contribution < 1.29 is 9.90 Å². The van der Waals surface area contributed by atoms with Crippen molar-refractivity contribution in [2.24, 2.45) is 11.8 Å². The molecule has 3 unspecified atom stereocenters. The molecule has 1 aromatic rings. The second-order valence-corrected chi connectivity index (χ2v) is 7.06. The molecule has 1 aliphatic rings. The van der Waals surface area contributed by atoms with Crippen molar-refractivity contribution in [2.45, 2.75) is 71.8 Å². The first-order chi connectivity index (χ1) is 11.0. The zero-order valence-electron chi connectivity index (χ0n) is 14.7. The lowest BCUT2D eigenvalue weighted by Gasteiger charge is -2.27. The lowest BCUT2D eigenvalue weighted by molar-refractivity contribution is -0.124. The first-order valence-electron chi connectivity index (χ1n) is 8.95. The molecule has 0 bridgehead atoms. The molecule has 1 amide bonds. The van der Waals surface area contributed by atoms with Crippen LogP contribution in [0.1, 0.15) is 62.4 Å². The number of aromatic amines is 1. The fourth-order valence-electron chi connectivity index (χ4n) is 3.55. The molecule has 1 saturated carbocycles. The highest BCUT2D eigenvalue weighted by Gasteiger charge is 2.22. The molecule has 3 N–H and O–H groups in total. The van der Waals surface area contributed by atoms with Gasteiger partial charge < -0.3 is 10.4 Å². The summed E-state index contributed by atoms with van der Waals surface area (Å²) in [6.07, 6.45) is 7.00. The lowest BCUT2D eigenvalue weighted by atomic mass is 9.83. The highest BCUT2D eigenvalue weighted by molar-refractivity contribution is 5.78. The number of nitrogens with zero attached hydrogens (tertiary/aromatic N) is 1. The molecule has 0 spiro atoms. The monoisotopic (exact) mass is 321 g/mol. The zero-order valence-corrected chi connectivity index (χ0v) is 14.7. The average Bonchev–Trinajstić information content (AvgIpc) is 2.84. The number of rotatable bonds is 7. The van der Waals surface area contributed by atoms with Gasteiger partial charge in [0.15, 0.2) is 0 Å². The van der Waals surface area contributed by atoms with Gasteiger partial charge in [0.25, 0.3) is 0 Å².